The molecule has 0 rings (SSSR count). The lowest BCUT2D eigenvalue weighted by Gasteiger charge is -1.93. The van der Waals surface area contributed by atoms with Crippen molar-refractivity contribution in [3.05, 3.63) is 24.3 Å². The normalized spacial score (nSPS) is 9.74. The van der Waals surface area contributed by atoms with Gasteiger partial charge < -0.3 is 4.79 Å². The maximum absolute atomic E-state index is 11.4. The SMILES string of the molecule is C.C.C/C=C/CCCC(F)F.C/C=C/CCCC=O. The van der Waals surface area contributed by atoms with E-state index in [0.29, 0.717) is 12.8 Å². The number of hydrogen-bond acceptors (Lipinski definition) is 1. The van der Waals surface area contributed by atoms with Crippen LogP contribution in [0, 0.1) is 0 Å². The van der Waals surface area contributed by atoms with Gasteiger partial charge in [0, 0.05) is 12.8 Å². The average Bonchev–Trinajstić information content (AvgIpc) is 2.31. The van der Waals surface area contributed by atoms with E-state index in [0.717, 1.165) is 25.5 Å². The van der Waals surface area contributed by atoms with Crippen LogP contribution in [-0.2, 0) is 4.79 Å². The zero-order chi connectivity index (χ0) is 13.4. The van der Waals surface area contributed by atoms with Crippen molar-refractivity contribution in [2.45, 2.75) is 73.7 Å². The van der Waals surface area contributed by atoms with E-state index < -0.39 is 6.43 Å². The van der Waals surface area contributed by atoms with Gasteiger partial charge in [-0.25, -0.2) is 8.78 Å². The van der Waals surface area contributed by atoms with Gasteiger partial charge in [0.25, 0.3) is 0 Å². The Morgan fingerprint density at radius 3 is 1.74 bits per heavy atom. The monoisotopic (exact) mass is 278 g/mol. The van der Waals surface area contributed by atoms with Crippen LogP contribution in [-0.4, -0.2) is 12.7 Å². The van der Waals surface area contributed by atoms with Gasteiger partial charge >= 0.3 is 0 Å². The van der Waals surface area contributed by atoms with Crippen LogP contribution >= 0.6 is 0 Å². The lowest BCUT2D eigenvalue weighted by molar-refractivity contribution is -0.107. The molecule has 0 unspecified atom stereocenters. The number of hydrogen-bond donors (Lipinski definition) is 0. The van der Waals surface area contributed by atoms with Crippen LogP contribution in [0.4, 0.5) is 8.78 Å². The van der Waals surface area contributed by atoms with Gasteiger partial charge in [-0.2, -0.15) is 0 Å². The molecule has 0 atom stereocenters. The summed E-state index contributed by atoms with van der Waals surface area (Å²) in [6.45, 7) is 3.88. The number of rotatable bonds is 8. The summed E-state index contributed by atoms with van der Waals surface area (Å²) in [5, 5.41) is 0. The smallest absolute Gasteiger partial charge is 0.238 e. The number of halogens is 2. The Morgan fingerprint density at radius 1 is 0.895 bits per heavy atom. The molecule has 0 aromatic heterocycles. The third kappa shape index (κ3) is 38.2. The quantitative estimate of drug-likeness (QED) is 0.293. The minimum atomic E-state index is -2.13. The fourth-order valence-electron chi connectivity index (χ4n) is 1.04. The summed E-state index contributed by atoms with van der Waals surface area (Å²) in [5.74, 6) is 0. The minimum Gasteiger partial charge on any atom is -0.303 e. The Labute approximate surface area is 118 Å². The van der Waals surface area contributed by atoms with Gasteiger partial charge in [-0.3, -0.25) is 0 Å². The zero-order valence-electron chi connectivity index (χ0n) is 10.9. The van der Waals surface area contributed by atoms with E-state index in [1.54, 1.807) is 0 Å². The largest absolute Gasteiger partial charge is 0.303 e. The summed E-state index contributed by atoms with van der Waals surface area (Å²) in [7, 11) is 0. The second kappa shape index (κ2) is 25.8. The second-order valence-corrected chi connectivity index (χ2v) is 3.56. The molecule has 0 aromatic carbocycles. The van der Waals surface area contributed by atoms with Crippen LogP contribution in [0.5, 0.6) is 0 Å². The van der Waals surface area contributed by atoms with Crippen LogP contribution in [0.3, 0.4) is 0 Å². The molecule has 0 aliphatic rings. The summed E-state index contributed by atoms with van der Waals surface area (Å²) >= 11 is 0. The highest BCUT2D eigenvalue weighted by molar-refractivity contribution is 5.48. The molecule has 0 spiro atoms. The molecule has 1 nitrogen and oxygen atoms in total. The molecular formula is C16H32F2O. The van der Waals surface area contributed by atoms with Gasteiger partial charge in [0.2, 0.25) is 6.43 Å². The van der Waals surface area contributed by atoms with E-state index in [1.807, 2.05) is 32.1 Å². The summed E-state index contributed by atoms with van der Waals surface area (Å²) in [6, 6.07) is 0. The number of allylic oxidation sites excluding steroid dienone is 4. The van der Waals surface area contributed by atoms with Crippen molar-refractivity contribution in [2.75, 3.05) is 0 Å². The van der Waals surface area contributed by atoms with Crippen LogP contribution in [0.25, 0.3) is 0 Å². The first-order chi connectivity index (χ1) is 8.18. The predicted molar refractivity (Wildman–Crippen MR) is 82.9 cm³/mol. The lowest BCUT2D eigenvalue weighted by Crippen LogP contribution is -1.87. The van der Waals surface area contributed by atoms with Gasteiger partial charge in [0.05, 0.1) is 0 Å². The molecule has 0 saturated heterocycles. The third-order valence-corrected chi connectivity index (χ3v) is 1.96. The predicted octanol–water partition coefficient (Wildman–Crippen LogP) is 6.20. The second-order valence-electron chi connectivity index (χ2n) is 3.56. The maximum atomic E-state index is 11.4. The Bertz CT molecular complexity index is 199. The molecule has 19 heavy (non-hydrogen) atoms. The first kappa shape index (κ1) is 26.5. The van der Waals surface area contributed by atoms with Crippen LogP contribution in [0.1, 0.15) is 67.2 Å². The van der Waals surface area contributed by atoms with Crippen LogP contribution in [0.2, 0.25) is 0 Å². The summed E-state index contributed by atoms with van der Waals surface area (Å²) in [6.07, 6.45) is 10.8. The average molecular weight is 278 g/mol. The maximum Gasteiger partial charge on any atom is 0.238 e. The fourth-order valence-corrected chi connectivity index (χ4v) is 1.04. The van der Waals surface area contributed by atoms with Crippen molar-refractivity contribution in [1.82, 2.24) is 0 Å². The van der Waals surface area contributed by atoms with E-state index in [2.05, 4.69) is 6.08 Å². The Kier molecular flexibility index (Phi) is 36.0. The van der Waals surface area contributed by atoms with Crippen molar-refractivity contribution in [1.29, 1.82) is 0 Å². The lowest BCUT2D eigenvalue weighted by atomic mass is 10.2. The molecule has 3 heteroatoms. The van der Waals surface area contributed by atoms with Gasteiger partial charge in [0.1, 0.15) is 6.29 Å². The summed E-state index contributed by atoms with van der Waals surface area (Å²) < 4.78 is 22.9. The minimum absolute atomic E-state index is 0. The molecule has 0 amide bonds. The molecule has 0 heterocycles. The van der Waals surface area contributed by atoms with Crippen molar-refractivity contribution in [2.24, 2.45) is 0 Å². The molecule has 116 valence electrons. The number of carbonyl (C=O) groups excluding carboxylic acids is 1. The number of alkyl halides is 2. The van der Waals surface area contributed by atoms with E-state index in [9.17, 15) is 13.6 Å². The highest BCUT2D eigenvalue weighted by atomic mass is 19.3. The van der Waals surface area contributed by atoms with E-state index in [4.69, 9.17) is 0 Å². The summed E-state index contributed by atoms with van der Waals surface area (Å²) in [4.78, 5) is 9.74. The van der Waals surface area contributed by atoms with Crippen molar-refractivity contribution < 1.29 is 13.6 Å². The number of aldehydes is 1. The highest BCUT2D eigenvalue weighted by Gasteiger charge is 1.98. The fraction of sp³-hybridized carbons (Fsp3) is 0.688. The molecule has 0 saturated carbocycles. The molecule has 0 bridgehead atoms. The molecule has 0 aliphatic heterocycles. The van der Waals surface area contributed by atoms with Crippen LogP contribution in [0.15, 0.2) is 24.3 Å². The Hall–Kier alpha value is -0.990. The van der Waals surface area contributed by atoms with Gasteiger partial charge in [-0.15, -0.1) is 0 Å². The standard InChI is InChI=1S/C7H12F2.C7H12O.2CH4/c1-2-3-4-5-6-7(8)9;1-2-3-4-5-6-7-8;;/h2-3,7H,4-6H2,1H3;2-3,7H,4-6H2,1H3;2*1H4/b2*3-2+;;. The van der Waals surface area contributed by atoms with Gasteiger partial charge in [0.15, 0.2) is 0 Å². The molecular weight excluding hydrogens is 246 g/mol. The first-order valence-corrected chi connectivity index (χ1v) is 6.13. The third-order valence-electron chi connectivity index (χ3n) is 1.96. The topological polar surface area (TPSA) is 17.1 Å². The Morgan fingerprint density at radius 2 is 1.37 bits per heavy atom. The number of carbonyl (C=O) groups is 1. The molecule has 0 radical (unpaired) electrons. The summed E-state index contributed by atoms with van der Waals surface area (Å²) in [5.41, 5.74) is 0. The van der Waals surface area contributed by atoms with E-state index >= 15 is 0 Å². The number of unbranched alkanes of at least 4 members (excludes halogenated alkanes) is 3. The van der Waals surface area contributed by atoms with Gasteiger partial charge in [-0.1, -0.05) is 39.2 Å². The van der Waals surface area contributed by atoms with Crippen LogP contribution < -0.4 is 0 Å². The van der Waals surface area contributed by atoms with Gasteiger partial charge in [-0.05, 0) is 39.5 Å². The Balaban J connectivity index is -0.000000108. The molecule has 0 N–H and O–H groups in total. The van der Waals surface area contributed by atoms with E-state index in [-0.39, 0.29) is 21.3 Å². The zero-order valence-corrected chi connectivity index (χ0v) is 10.9. The molecule has 0 aliphatic carbocycles. The highest BCUT2D eigenvalue weighted by Crippen LogP contribution is 2.05. The van der Waals surface area contributed by atoms with Crippen molar-refractivity contribution >= 4 is 6.29 Å². The van der Waals surface area contributed by atoms with Crippen molar-refractivity contribution in [3.8, 4) is 0 Å². The molecule has 0 aromatic rings. The van der Waals surface area contributed by atoms with Crippen molar-refractivity contribution in [3.63, 3.8) is 0 Å². The van der Waals surface area contributed by atoms with E-state index in [1.165, 1.54) is 0 Å². The molecule has 0 fully saturated rings. The first-order valence-electron chi connectivity index (χ1n) is 6.13.